The van der Waals surface area contributed by atoms with E-state index in [0.717, 1.165) is 31.6 Å². The number of ether oxygens (including phenoxy) is 1. The molecule has 2 aromatic rings. The van der Waals surface area contributed by atoms with Crippen LogP contribution in [0.15, 0.2) is 31.0 Å². The van der Waals surface area contributed by atoms with Gasteiger partial charge in [0.05, 0.1) is 24.2 Å². The molecule has 4 heterocycles. The molecule has 3 atom stereocenters. The van der Waals surface area contributed by atoms with Crippen molar-refractivity contribution in [2.24, 2.45) is 5.92 Å². The summed E-state index contributed by atoms with van der Waals surface area (Å²) in [4.78, 5) is 18.4. The summed E-state index contributed by atoms with van der Waals surface area (Å²) in [5, 5.41) is 0. The summed E-state index contributed by atoms with van der Waals surface area (Å²) in [5.74, 6) is 0.671. The van der Waals surface area contributed by atoms with Crippen LogP contribution < -0.4 is 4.90 Å². The van der Waals surface area contributed by atoms with E-state index in [1.165, 1.54) is 12.4 Å². The molecule has 114 valence electrons. The fraction of sp³-hybridized carbons (Fsp3) is 0.467. The molecule has 0 aromatic carbocycles. The van der Waals surface area contributed by atoms with Crippen molar-refractivity contribution < 1.29 is 9.13 Å². The van der Waals surface area contributed by atoms with Gasteiger partial charge in [0.1, 0.15) is 12.4 Å². The Morgan fingerprint density at radius 2 is 2.09 bits per heavy atom. The van der Waals surface area contributed by atoms with E-state index in [1.54, 1.807) is 12.5 Å². The Bertz CT molecular complexity index is 638. The highest BCUT2D eigenvalue weighted by Crippen LogP contribution is 2.40. The summed E-state index contributed by atoms with van der Waals surface area (Å²) in [6.07, 6.45) is 7.88. The van der Waals surface area contributed by atoms with E-state index >= 15 is 0 Å². The van der Waals surface area contributed by atoms with Gasteiger partial charge in [-0.15, -0.1) is 0 Å². The van der Waals surface area contributed by atoms with Gasteiger partial charge >= 0.3 is 0 Å². The van der Waals surface area contributed by atoms with E-state index in [9.17, 15) is 4.39 Å². The van der Waals surface area contributed by atoms with Gasteiger partial charge < -0.3 is 9.64 Å². The van der Waals surface area contributed by atoms with Gasteiger partial charge in [-0.3, -0.25) is 0 Å². The maximum absolute atomic E-state index is 12.9. The highest BCUT2D eigenvalue weighted by atomic mass is 19.1. The van der Waals surface area contributed by atoms with Gasteiger partial charge in [0.2, 0.25) is 5.95 Å². The van der Waals surface area contributed by atoms with Crippen LogP contribution >= 0.6 is 0 Å². The monoisotopic (exact) mass is 301 g/mol. The number of rotatable bonds is 2. The van der Waals surface area contributed by atoms with Gasteiger partial charge in [0.25, 0.3) is 0 Å². The molecule has 22 heavy (non-hydrogen) atoms. The Morgan fingerprint density at radius 3 is 2.86 bits per heavy atom. The van der Waals surface area contributed by atoms with Crippen LogP contribution in [0.4, 0.5) is 10.3 Å². The highest BCUT2D eigenvalue weighted by Gasteiger charge is 2.40. The van der Waals surface area contributed by atoms with E-state index in [1.807, 2.05) is 6.07 Å². The smallest absolute Gasteiger partial charge is 0.225 e. The summed E-state index contributed by atoms with van der Waals surface area (Å²) in [6, 6.07) is 1.91. The molecule has 0 N–H and O–H groups in total. The molecule has 0 bridgehead atoms. The van der Waals surface area contributed by atoms with Crippen molar-refractivity contribution in [1.82, 2.24) is 19.9 Å². The number of hydrogen-bond donors (Lipinski definition) is 0. The second kappa shape index (κ2) is 5.57. The summed E-state index contributed by atoms with van der Waals surface area (Å²) in [5.41, 5.74) is 0.939. The number of piperidine rings is 1. The molecule has 2 aliphatic heterocycles. The van der Waals surface area contributed by atoms with Crippen molar-refractivity contribution in [1.29, 1.82) is 0 Å². The van der Waals surface area contributed by atoms with Crippen molar-refractivity contribution in [3.05, 3.63) is 42.5 Å². The van der Waals surface area contributed by atoms with Gasteiger partial charge in [-0.2, -0.15) is 0 Å². The molecule has 2 aromatic heterocycles. The van der Waals surface area contributed by atoms with Crippen molar-refractivity contribution in [3.63, 3.8) is 0 Å². The molecule has 6 nitrogen and oxygen atoms in total. The lowest BCUT2D eigenvalue weighted by Gasteiger charge is -2.33. The Balaban J connectivity index is 1.46. The molecule has 2 aliphatic rings. The van der Waals surface area contributed by atoms with Crippen molar-refractivity contribution in [2.45, 2.75) is 25.0 Å². The van der Waals surface area contributed by atoms with E-state index in [4.69, 9.17) is 4.74 Å². The zero-order valence-corrected chi connectivity index (χ0v) is 12.0. The predicted molar refractivity (Wildman–Crippen MR) is 76.6 cm³/mol. The molecular weight excluding hydrogens is 285 g/mol. The lowest BCUT2D eigenvalue weighted by molar-refractivity contribution is 0.0296. The van der Waals surface area contributed by atoms with Crippen LogP contribution in [-0.4, -0.2) is 39.1 Å². The van der Waals surface area contributed by atoms with E-state index in [-0.39, 0.29) is 12.2 Å². The van der Waals surface area contributed by atoms with Crippen LogP contribution in [-0.2, 0) is 4.74 Å². The Labute approximate surface area is 127 Å². The van der Waals surface area contributed by atoms with Crippen molar-refractivity contribution in [2.75, 3.05) is 18.0 Å². The fourth-order valence-electron chi connectivity index (χ4n) is 3.26. The number of aromatic nitrogens is 4. The minimum Gasteiger partial charge on any atom is -0.367 e. The predicted octanol–water partition coefficient (Wildman–Crippen LogP) is 1.76. The maximum atomic E-state index is 12.9. The molecule has 2 fully saturated rings. The third kappa shape index (κ3) is 2.52. The number of fused-ring (bicyclic) bond motifs is 1. The second-order valence-corrected chi connectivity index (χ2v) is 5.73. The van der Waals surface area contributed by atoms with Crippen LogP contribution in [0.1, 0.15) is 24.6 Å². The Kier molecular flexibility index (Phi) is 3.42. The number of nitrogens with zero attached hydrogens (tertiary/aromatic N) is 5. The average molecular weight is 301 g/mol. The Morgan fingerprint density at radius 1 is 1.23 bits per heavy atom. The first-order valence-corrected chi connectivity index (χ1v) is 7.43. The molecular formula is C15H16FN5O. The Hall–Kier alpha value is -2.15. The minimum absolute atomic E-state index is 0.0343. The summed E-state index contributed by atoms with van der Waals surface area (Å²) >= 11 is 0. The second-order valence-electron chi connectivity index (χ2n) is 5.73. The van der Waals surface area contributed by atoms with E-state index in [2.05, 4.69) is 24.8 Å². The SMILES string of the molecule is Fc1cnc(N2CC[C@@H]3C[C@@H](c4ccncn4)O[C@H]3C2)nc1. The molecule has 0 amide bonds. The highest BCUT2D eigenvalue weighted by molar-refractivity contribution is 5.30. The molecule has 2 saturated heterocycles. The largest absolute Gasteiger partial charge is 0.367 e. The first kappa shape index (κ1) is 13.5. The summed E-state index contributed by atoms with van der Waals surface area (Å²) in [6.45, 7) is 1.60. The summed E-state index contributed by atoms with van der Waals surface area (Å²) < 4.78 is 19.1. The van der Waals surface area contributed by atoms with Crippen LogP contribution in [0.5, 0.6) is 0 Å². The third-order valence-corrected chi connectivity index (χ3v) is 4.38. The molecule has 7 heteroatoms. The molecule has 0 radical (unpaired) electrons. The van der Waals surface area contributed by atoms with Crippen molar-refractivity contribution in [3.8, 4) is 0 Å². The third-order valence-electron chi connectivity index (χ3n) is 4.38. The standard InChI is InChI=1S/C15H16FN5O/c16-11-6-18-15(19-7-11)21-4-2-10-5-13(22-14(10)8-21)12-1-3-17-9-20-12/h1,3,6-7,9-10,13-14H,2,4-5,8H2/t10-,13+,14+/m1/s1. The van der Waals surface area contributed by atoms with Gasteiger partial charge in [-0.25, -0.2) is 24.3 Å². The van der Waals surface area contributed by atoms with Gasteiger partial charge in [0.15, 0.2) is 5.82 Å². The van der Waals surface area contributed by atoms with Crippen LogP contribution in [0.2, 0.25) is 0 Å². The normalized spacial score (nSPS) is 27.7. The number of halogens is 1. The van der Waals surface area contributed by atoms with Gasteiger partial charge in [-0.05, 0) is 24.8 Å². The van der Waals surface area contributed by atoms with E-state index < -0.39 is 5.82 Å². The minimum atomic E-state index is -0.417. The first-order valence-electron chi connectivity index (χ1n) is 7.43. The maximum Gasteiger partial charge on any atom is 0.225 e. The topological polar surface area (TPSA) is 64.0 Å². The number of anilines is 1. The zero-order chi connectivity index (χ0) is 14.9. The molecule has 4 rings (SSSR count). The zero-order valence-electron chi connectivity index (χ0n) is 12.0. The molecule has 0 aliphatic carbocycles. The molecule has 0 unspecified atom stereocenters. The fourth-order valence-corrected chi connectivity index (χ4v) is 3.26. The first-order chi connectivity index (χ1) is 10.8. The lowest BCUT2D eigenvalue weighted by Crippen LogP contribution is -2.43. The number of hydrogen-bond acceptors (Lipinski definition) is 6. The van der Waals surface area contributed by atoms with Crippen molar-refractivity contribution >= 4 is 5.95 Å². The average Bonchev–Trinajstić information content (AvgIpc) is 2.99. The van der Waals surface area contributed by atoms with Crippen LogP contribution in [0.25, 0.3) is 0 Å². The van der Waals surface area contributed by atoms with Crippen LogP contribution in [0.3, 0.4) is 0 Å². The lowest BCUT2D eigenvalue weighted by atomic mass is 9.91. The molecule has 0 spiro atoms. The van der Waals surface area contributed by atoms with Gasteiger partial charge in [0, 0.05) is 19.3 Å². The van der Waals surface area contributed by atoms with Gasteiger partial charge in [-0.1, -0.05) is 0 Å². The van der Waals surface area contributed by atoms with E-state index in [0.29, 0.717) is 11.9 Å². The quantitative estimate of drug-likeness (QED) is 0.842. The molecule has 0 saturated carbocycles. The van der Waals surface area contributed by atoms with Crippen LogP contribution in [0, 0.1) is 11.7 Å². The summed E-state index contributed by atoms with van der Waals surface area (Å²) in [7, 11) is 0.